The summed E-state index contributed by atoms with van der Waals surface area (Å²) in [7, 11) is 1.32. The Bertz CT molecular complexity index is 667. The third kappa shape index (κ3) is 2.73. The molecule has 0 saturated heterocycles. The zero-order chi connectivity index (χ0) is 15.8. The van der Waals surface area contributed by atoms with E-state index in [9.17, 15) is 13.2 Å². The monoisotopic (exact) mass is 320 g/mol. The Hall–Kier alpha value is -2.03. The first-order chi connectivity index (χ1) is 9.79. The SMILES string of the molecule is CCn1ncc(-c2nc(N)nc(NC)c2C(F)(F)F)c1Cl. The van der Waals surface area contributed by atoms with E-state index in [2.05, 4.69) is 20.4 Å². The van der Waals surface area contributed by atoms with Gasteiger partial charge in [-0.15, -0.1) is 0 Å². The number of nitrogens with zero attached hydrogens (tertiary/aromatic N) is 4. The summed E-state index contributed by atoms with van der Waals surface area (Å²) in [4.78, 5) is 7.26. The minimum Gasteiger partial charge on any atom is -0.372 e. The Kier molecular flexibility index (Phi) is 3.95. The quantitative estimate of drug-likeness (QED) is 0.908. The van der Waals surface area contributed by atoms with E-state index in [-0.39, 0.29) is 16.7 Å². The maximum atomic E-state index is 13.3. The largest absolute Gasteiger partial charge is 0.422 e. The molecule has 6 nitrogen and oxygen atoms in total. The second-order valence-corrected chi connectivity index (χ2v) is 4.42. The van der Waals surface area contributed by atoms with Gasteiger partial charge in [-0.25, -0.2) is 4.98 Å². The Morgan fingerprint density at radius 2 is 2.05 bits per heavy atom. The number of nitrogens with two attached hydrogens (primary N) is 1. The van der Waals surface area contributed by atoms with Crippen molar-refractivity contribution in [2.75, 3.05) is 18.1 Å². The molecule has 0 aliphatic heterocycles. The number of alkyl halides is 3. The van der Waals surface area contributed by atoms with Gasteiger partial charge in [-0.1, -0.05) is 11.6 Å². The Labute approximate surface area is 123 Å². The van der Waals surface area contributed by atoms with E-state index in [1.54, 1.807) is 6.92 Å². The lowest BCUT2D eigenvalue weighted by atomic mass is 10.1. The van der Waals surface area contributed by atoms with Crippen LogP contribution in [-0.4, -0.2) is 26.8 Å². The van der Waals surface area contributed by atoms with E-state index >= 15 is 0 Å². The zero-order valence-electron chi connectivity index (χ0n) is 11.2. The minimum atomic E-state index is -4.67. The van der Waals surface area contributed by atoms with Crippen LogP contribution < -0.4 is 11.1 Å². The lowest BCUT2D eigenvalue weighted by Crippen LogP contribution is -2.15. The molecule has 2 rings (SSSR count). The van der Waals surface area contributed by atoms with Crippen molar-refractivity contribution >= 4 is 23.4 Å². The van der Waals surface area contributed by atoms with Crippen molar-refractivity contribution in [2.24, 2.45) is 0 Å². The van der Waals surface area contributed by atoms with Crippen LogP contribution in [0.4, 0.5) is 24.9 Å². The molecule has 0 saturated carbocycles. The van der Waals surface area contributed by atoms with Gasteiger partial charge in [0, 0.05) is 13.6 Å². The van der Waals surface area contributed by atoms with Crippen LogP contribution in [0.3, 0.4) is 0 Å². The summed E-state index contributed by atoms with van der Waals surface area (Å²) in [5.74, 6) is -0.701. The summed E-state index contributed by atoms with van der Waals surface area (Å²) in [6, 6.07) is 0. The first kappa shape index (κ1) is 15.4. The molecule has 0 radical (unpaired) electrons. The molecule has 0 unspecified atom stereocenters. The van der Waals surface area contributed by atoms with Crippen LogP contribution in [0.5, 0.6) is 0 Å². The predicted molar refractivity (Wildman–Crippen MR) is 72.9 cm³/mol. The van der Waals surface area contributed by atoms with Gasteiger partial charge >= 0.3 is 6.18 Å². The highest BCUT2D eigenvalue weighted by molar-refractivity contribution is 6.32. The summed E-state index contributed by atoms with van der Waals surface area (Å²) in [5, 5.41) is 6.35. The molecule has 2 aromatic heterocycles. The molecular weight excluding hydrogens is 309 g/mol. The standard InChI is InChI=1S/C11H12ClF3N6/c1-3-21-8(12)5(4-18-21)7-6(11(13,14)15)9(17-2)20-10(16)19-7/h4H,3H2,1-2H3,(H3,16,17,19,20). The highest BCUT2D eigenvalue weighted by Crippen LogP contribution is 2.41. The van der Waals surface area contributed by atoms with Crippen molar-refractivity contribution in [2.45, 2.75) is 19.6 Å². The molecule has 0 fully saturated rings. The normalized spacial score (nSPS) is 11.7. The molecule has 0 aliphatic carbocycles. The number of nitrogen functional groups attached to an aromatic ring is 1. The highest BCUT2D eigenvalue weighted by Gasteiger charge is 2.39. The molecule has 0 aliphatic rings. The second-order valence-electron chi connectivity index (χ2n) is 4.07. The highest BCUT2D eigenvalue weighted by atomic mass is 35.5. The van der Waals surface area contributed by atoms with Crippen LogP contribution in [0.25, 0.3) is 11.3 Å². The van der Waals surface area contributed by atoms with Gasteiger partial charge < -0.3 is 11.1 Å². The molecule has 0 atom stereocenters. The Morgan fingerprint density at radius 1 is 1.38 bits per heavy atom. The van der Waals surface area contributed by atoms with Crippen molar-refractivity contribution < 1.29 is 13.2 Å². The van der Waals surface area contributed by atoms with Crippen LogP contribution in [-0.2, 0) is 12.7 Å². The molecule has 0 aromatic carbocycles. The Morgan fingerprint density at radius 3 is 2.52 bits per heavy atom. The number of halogens is 4. The van der Waals surface area contributed by atoms with Crippen molar-refractivity contribution in [3.63, 3.8) is 0 Å². The number of rotatable bonds is 3. The molecule has 0 amide bonds. The summed E-state index contributed by atoms with van der Waals surface area (Å²) >= 11 is 6.04. The van der Waals surface area contributed by atoms with Crippen molar-refractivity contribution in [1.82, 2.24) is 19.7 Å². The first-order valence-corrected chi connectivity index (χ1v) is 6.31. The third-order valence-electron chi connectivity index (χ3n) is 2.78. The number of aryl methyl sites for hydroxylation is 1. The number of hydrogen-bond acceptors (Lipinski definition) is 5. The van der Waals surface area contributed by atoms with Crippen LogP contribution in [0.2, 0.25) is 5.15 Å². The fourth-order valence-electron chi connectivity index (χ4n) is 1.87. The van der Waals surface area contributed by atoms with Crippen LogP contribution >= 0.6 is 11.6 Å². The fourth-order valence-corrected chi connectivity index (χ4v) is 2.17. The van der Waals surface area contributed by atoms with Gasteiger partial charge in [0.2, 0.25) is 5.95 Å². The summed E-state index contributed by atoms with van der Waals surface area (Å²) in [6.45, 7) is 2.18. The molecule has 0 spiro atoms. The van der Waals surface area contributed by atoms with Gasteiger partial charge in [-0.05, 0) is 6.92 Å². The van der Waals surface area contributed by atoms with Gasteiger partial charge in [-0.2, -0.15) is 23.3 Å². The van der Waals surface area contributed by atoms with Gasteiger partial charge in [0.15, 0.2) is 0 Å². The van der Waals surface area contributed by atoms with Gasteiger partial charge in [0.25, 0.3) is 0 Å². The van der Waals surface area contributed by atoms with Gasteiger partial charge in [-0.3, -0.25) is 4.68 Å². The third-order valence-corrected chi connectivity index (χ3v) is 3.18. The smallest absolute Gasteiger partial charge is 0.372 e. The lowest BCUT2D eigenvalue weighted by molar-refractivity contribution is -0.136. The number of anilines is 2. The maximum Gasteiger partial charge on any atom is 0.422 e. The van der Waals surface area contributed by atoms with Gasteiger partial charge in [0.1, 0.15) is 16.5 Å². The Balaban J connectivity index is 2.78. The molecule has 10 heteroatoms. The summed E-state index contributed by atoms with van der Waals surface area (Å²) in [5.41, 5.74) is 4.10. The number of nitrogens with one attached hydrogen (secondary N) is 1. The predicted octanol–water partition coefficient (Wildman–Crippen LogP) is 2.66. The average Bonchev–Trinajstić information content (AvgIpc) is 2.77. The minimum absolute atomic E-state index is 0.0523. The van der Waals surface area contributed by atoms with Crippen molar-refractivity contribution in [3.8, 4) is 11.3 Å². The average molecular weight is 321 g/mol. The lowest BCUT2D eigenvalue weighted by Gasteiger charge is -2.15. The second kappa shape index (κ2) is 5.40. The first-order valence-electron chi connectivity index (χ1n) is 5.93. The molecular formula is C11H12ClF3N6. The van der Waals surface area contributed by atoms with Gasteiger partial charge in [0.05, 0.1) is 17.5 Å². The van der Waals surface area contributed by atoms with E-state index in [4.69, 9.17) is 17.3 Å². The van der Waals surface area contributed by atoms with Crippen molar-refractivity contribution in [3.05, 3.63) is 16.9 Å². The summed E-state index contributed by atoms with van der Waals surface area (Å²) < 4.78 is 41.3. The molecule has 3 N–H and O–H groups in total. The molecule has 2 heterocycles. The fraction of sp³-hybridized carbons (Fsp3) is 0.364. The van der Waals surface area contributed by atoms with Crippen LogP contribution in [0.1, 0.15) is 12.5 Å². The number of hydrogen-bond donors (Lipinski definition) is 2. The van der Waals surface area contributed by atoms with E-state index in [0.717, 1.165) is 0 Å². The number of aromatic nitrogens is 4. The molecule has 0 bridgehead atoms. The molecule has 2 aromatic rings. The van der Waals surface area contributed by atoms with Crippen LogP contribution in [0.15, 0.2) is 6.20 Å². The molecule has 21 heavy (non-hydrogen) atoms. The maximum absolute atomic E-state index is 13.3. The van der Waals surface area contributed by atoms with Crippen molar-refractivity contribution in [1.29, 1.82) is 0 Å². The summed E-state index contributed by atoms with van der Waals surface area (Å²) in [6.07, 6.45) is -3.44. The van der Waals surface area contributed by atoms with E-state index in [1.807, 2.05) is 0 Å². The van der Waals surface area contributed by atoms with E-state index < -0.39 is 23.3 Å². The van der Waals surface area contributed by atoms with E-state index in [0.29, 0.717) is 6.54 Å². The van der Waals surface area contributed by atoms with Crippen LogP contribution in [0, 0.1) is 0 Å². The van der Waals surface area contributed by atoms with E-state index in [1.165, 1.54) is 17.9 Å². The molecule has 114 valence electrons. The topological polar surface area (TPSA) is 81.7 Å². The zero-order valence-corrected chi connectivity index (χ0v) is 11.9.